The number of rotatable bonds is 3. The number of allylic oxidation sites excluding steroid dienone is 1. The van der Waals surface area contributed by atoms with Gasteiger partial charge in [-0.2, -0.15) is 0 Å². The van der Waals surface area contributed by atoms with Crippen molar-refractivity contribution in [3.8, 4) is 0 Å². The number of urea groups is 1. The van der Waals surface area contributed by atoms with Crippen LogP contribution in [0.15, 0.2) is 34.9 Å². The van der Waals surface area contributed by atoms with E-state index in [-0.39, 0.29) is 6.03 Å². The number of anilines is 1. The third-order valence-electron chi connectivity index (χ3n) is 3.65. The Morgan fingerprint density at radius 3 is 2.75 bits per heavy atom. The summed E-state index contributed by atoms with van der Waals surface area (Å²) >= 11 is 3.44. The lowest BCUT2D eigenvalue weighted by atomic mass is 9.89. The quantitative estimate of drug-likeness (QED) is 0.803. The molecule has 0 heterocycles. The summed E-state index contributed by atoms with van der Waals surface area (Å²) in [6, 6.07) is 5.55. The third kappa shape index (κ3) is 4.67. The van der Waals surface area contributed by atoms with E-state index in [0.29, 0.717) is 5.92 Å². The molecule has 0 aliphatic heterocycles. The number of nitrogens with one attached hydrogen (secondary N) is 2. The zero-order chi connectivity index (χ0) is 14.4. The molecule has 1 saturated carbocycles. The number of halogens is 1. The van der Waals surface area contributed by atoms with E-state index >= 15 is 0 Å². The Morgan fingerprint density at radius 2 is 2.05 bits per heavy atom. The van der Waals surface area contributed by atoms with Crippen molar-refractivity contribution in [2.24, 2.45) is 5.92 Å². The first kappa shape index (κ1) is 15.1. The topological polar surface area (TPSA) is 41.1 Å². The molecule has 1 aliphatic carbocycles. The van der Waals surface area contributed by atoms with Gasteiger partial charge >= 0.3 is 6.03 Å². The second kappa shape index (κ2) is 7.48. The van der Waals surface area contributed by atoms with Crippen molar-refractivity contribution < 1.29 is 4.79 Å². The molecule has 2 N–H and O–H groups in total. The van der Waals surface area contributed by atoms with E-state index in [1.54, 1.807) is 6.20 Å². The van der Waals surface area contributed by atoms with E-state index in [2.05, 4.69) is 32.6 Å². The lowest BCUT2D eigenvalue weighted by Crippen LogP contribution is -2.24. The Hall–Kier alpha value is -1.29. The van der Waals surface area contributed by atoms with E-state index < -0.39 is 0 Å². The molecule has 0 saturated heterocycles. The Balaban J connectivity index is 1.79. The van der Waals surface area contributed by atoms with Crippen molar-refractivity contribution in [1.29, 1.82) is 0 Å². The van der Waals surface area contributed by atoms with Crippen molar-refractivity contribution in [2.75, 3.05) is 5.32 Å². The average Bonchev–Trinajstić information content (AvgIpc) is 2.44. The maximum absolute atomic E-state index is 11.8. The number of benzene rings is 1. The lowest BCUT2D eigenvalue weighted by Gasteiger charge is -2.17. The molecule has 1 aromatic carbocycles. The van der Waals surface area contributed by atoms with Crippen molar-refractivity contribution in [2.45, 2.75) is 39.0 Å². The third-order valence-corrected chi connectivity index (χ3v) is 4.54. The standard InChI is InChI=1S/C16H21BrN2O/c1-12-11-14(7-8-15(12)17)19-16(20)18-10-9-13-5-3-2-4-6-13/h7-11,13H,2-6H2,1H3,(H2,18,19,20)/b10-9+. The number of hydrogen-bond acceptors (Lipinski definition) is 1. The van der Waals surface area contributed by atoms with Crippen LogP contribution < -0.4 is 10.6 Å². The van der Waals surface area contributed by atoms with Crippen LogP contribution in [0.4, 0.5) is 10.5 Å². The fourth-order valence-electron chi connectivity index (χ4n) is 2.48. The van der Waals surface area contributed by atoms with Crippen LogP contribution in [0.3, 0.4) is 0 Å². The van der Waals surface area contributed by atoms with Crippen molar-refractivity contribution >= 4 is 27.6 Å². The van der Waals surface area contributed by atoms with Gasteiger partial charge in [0.15, 0.2) is 0 Å². The predicted molar refractivity (Wildman–Crippen MR) is 86.7 cm³/mol. The van der Waals surface area contributed by atoms with Gasteiger partial charge in [0.25, 0.3) is 0 Å². The summed E-state index contributed by atoms with van der Waals surface area (Å²) in [5.41, 5.74) is 1.90. The zero-order valence-electron chi connectivity index (χ0n) is 11.8. The summed E-state index contributed by atoms with van der Waals surface area (Å²) in [6.07, 6.45) is 10.3. The molecule has 0 unspecified atom stereocenters. The highest BCUT2D eigenvalue weighted by Gasteiger charge is 2.09. The predicted octanol–water partition coefficient (Wildman–Crippen LogP) is 4.97. The minimum atomic E-state index is -0.196. The molecule has 20 heavy (non-hydrogen) atoms. The minimum Gasteiger partial charge on any atom is -0.315 e. The molecule has 2 rings (SSSR count). The Kier molecular flexibility index (Phi) is 5.65. The number of carbonyl (C=O) groups is 1. The van der Waals surface area contributed by atoms with Gasteiger partial charge in [-0.25, -0.2) is 4.79 Å². The maximum Gasteiger partial charge on any atom is 0.323 e. The summed E-state index contributed by atoms with van der Waals surface area (Å²) in [5.74, 6) is 0.624. The molecule has 0 radical (unpaired) electrons. The second-order valence-corrected chi connectivity index (χ2v) is 6.17. The SMILES string of the molecule is Cc1cc(NC(=O)N/C=C/C2CCCCC2)ccc1Br. The maximum atomic E-state index is 11.8. The van der Waals surface area contributed by atoms with Crippen molar-refractivity contribution in [1.82, 2.24) is 5.32 Å². The van der Waals surface area contributed by atoms with Gasteiger partial charge in [0, 0.05) is 16.4 Å². The van der Waals surface area contributed by atoms with Crippen LogP contribution >= 0.6 is 15.9 Å². The summed E-state index contributed by atoms with van der Waals surface area (Å²) in [7, 11) is 0. The number of aryl methyl sites for hydroxylation is 1. The fourth-order valence-corrected chi connectivity index (χ4v) is 2.72. The molecule has 0 spiro atoms. The number of amides is 2. The van der Waals surface area contributed by atoms with Gasteiger partial charge in [0.1, 0.15) is 0 Å². The van der Waals surface area contributed by atoms with Crippen LogP contribution in [0.2, 0.25) is 0 Å². The molecule has 0 aromatic heterocycles. The molecule has 1 aromatic rings. The Morgan fingerprint density at radius 1 is 1.30 bits per heavy atom. The van der Waals surface area contributed by atoms with Gasteiger partial charge < -0.3 is 10.6 Å². The van der Waals surface area contributed by atoms with Crippen LogP contribution in [-0.2, 0) is 0 Å². The highest BCUT2D eigenvalue weighted by molar-refractivity contribution is 9.10. The smallest absolute Gasteiger partial charge is 0.315 e. The minimum absolute atomic E-state index is 0.196. The molecule has 4 heteroatoms. The Labute approximate surface area is 129 Å². The van der Waals surface area contributed by atoms with Crippen molar-refractivity contribution in [3.63, 3.8) is 0 Å². The highest BCUT2D eigenvalue weighted by atomic mass is 79.9. The van der Waals surface area contributed by atoms with Gasteiger partial charge in [-0.05, 0) is 49.4 Å². The first-order chi connectivity index (χ1) is 9.65. The largest absolute Gasteiger partial charge is 0.323 e. The molecular weight excluding hydrogens is 316 g/mol. The fraction of sp³-hybridized carbons (Fsp3) is 0.438. The highest BCUT2D eigenvalue weighted by Crippen LogP contribution is 2.24. The van der Waals surface area contributed by atoms with E-state index in [0.717, 1.165) is 15.7 Å². The van der Waals surface area contributed by atoms with Gasteiger partial charge in [0.05, 0.1) is 0 Å². The van der Waals surface area contributed by atoms with Gasteiger partial charge in [-0.1, -0.05) is 41.3 Å². The second-order valence-electron chi connectivity index (χ2n) is 5.32. The van der Waals surface area contributed by atoms with Crippen LogP contribution in [-0.4, -0.2) is 6.03 Å². The first-order valence-electron chi connectivity index (χ1n) is 7.15. The summed E-state index contributed by atoms with van der Waals surface area (Å²) in [6.45, 7) is 2.00. The average molecular weight is 337 g/mol. The summed E-state index contributed by atoms with van der Waals surface area (Å²) in [5, 5.41) is 5.60. The summed E-state index contributed by atoms with van der Waals surface area (Å²) in [4.78, 5) is 11.8. The summed E-state index contributed by atoms with van der Waals surface area (Å²) < 4.78 is 1.04. The number of carbonyl (C=O) groups excluding carboxylic acids is 1. The van der Waals surface area contributed by atoms with Gasteiger partial charge in [-0.15, -0.1) is 0 Å². The molecular formula is C16H21BrN2O. The molecule has 1 fully saturated rings. The molecule has 0 atom stereocenters. The van der Waals surface area contributed by atoms with Gasteiger partial charge in [-0.3, -0.25) is 0 Å². The van der Waals surface area contributed by atoms with Crippen LogP contribution in [0, 0.1) is 12.8 Å². The van der Waals surface area contributed by atoms with Crippen LogP contribution in [0.1, 0.15) is 37.7 Å². The normalized spacial score (nSPS) is 16.3. The van der Waals surface area contributed by atoms with Crippen molar-refractivity contribution in [3.05, 3.63) is 40.5 Å². The van der Waals surface area contributed by atoms with Crippen LogP contribution in [0.5, 0.6) is 0 Å². The van der Waals surface area contributed by atoms with Crippen LogP contribution in [0.25, 0.3) is 0 Å². The zero-order valence-corrected chi connectivity index (χ0v) is 13.4. The van der Waals surface area contributed by atoms with E-state index in [9.17, 15) is 4.79 Å². The Bertz CT molecular complexity index is 493. The molecule has 0 bridgehead atoms. The molecule has 108 valence electrons. The van der Waals surface area contributed by atoms with E-state index in [1.807, 2.05) is 25.1 Å². The first-order valence-corrected chi connectivity index (χ1v) is 7.95. The molecule has 1 aliphatic rings. The monoisotopic (exact) mass is 336 g/mol. The number of hydrogen-bond donors (Lipinski definition) is 2. The van der Waals surface area contributed by atoms with E-state index in [1.165, 1.54) is 32.1 Å². The van der Waals surface area contributed by atoms with Gasteiger partial charge in [0.2, 0.25) is 0 Å². The van der Waals surface area contributed by atoms with E-state index in [4.69, 9.17) is 0 Å². The molecule has 2 amide bonds. The molecule has 3 nitrogen and oxygen atoms in total. The lowest BCUT2D eigenvalue weighted by molar-refractivity contribution is 0.255.